The third kappa shape index (κ3) is 5.06. The quantitative estimate of drug-likeness (QED) is 0.318. The maximum Gasteiger partial charge on any atom is 0.276 e. The Morgan fingerprint density at radius 1 is 1.15 bits per heavy atom. The van der Waals surface area contributed by atoms with Gasteiger partial charge >= 0.3 is 0 Å². The average Bonchev–Trinajstić information content (AvgIpc) is 3.58. The Hall–Kier alpha value is -4.93. The third-order valence-corrected chi connectivity index (χ3v) is 7.47. The molecule has 3 amide bonds. The largest absolute Gasteiger partial charge is 0.496 e. The van der Waals surface area contributed by atoms with E-state index < -0.39 is 17.2 Å². The standard InChI is InChI=1S/C30H31FN6O4/c1-17-12-21(13-18(2)25(17)41-4)34-27(38)24-22-15-36(28(39)23-6-5-11-33-23)16-30(3,29(32)40)26(22)37(35-24)14-19-7-9-20(31)10-8-19/h5-13,33H,14-16H2,1-4H3,(H2,32,40)(H,34,38)/t30-/m1/s1. The molecule has 0 saturated heterocycles. The molecule has 4 aromatic rings. The van der Waals surface area contributed by atoms with Crippen LogP contribution in [-0.4, -0.2) is 51.0 Å². The molecule has 0 unspecified atom stereocenters. The Kier molecular flexibility index (Phi) is 7.12. The van der Waals surface area contributed by atoms with Crippen LogP contribution >= 0.6 is 0 Å². The van der Waals surface area contributed by atoms with Gasteiger partial charge in [0.05, 0.1) is 25.9 Å². The molecule has 11 heteroatoms. The Labute approximate surface area is 236 Å². The number of H-pyrrole nitrogens is 1. The van der Waals surface area contributed by atoms with E-state index in [-0.39, 0.29) is 37.1 Å². The smallest absolute Gasteiger partial charge is 0.276 e. The van der Waals surface area contributed by atoms with Gasteiger partial charge in [0.2, 0.25) is 5.91 Å². The summed E-state index contributed by atoms with van der Waals surface area (Å²) in [6.45, 7) is 5.57. The summed E-state index contributed by atoms with van der Waals surface area (Å²) in [6, 6.07) is 12.8. The number of nitrogens with one attached hydrogen (secondary N) is 2. The third-order valence-electron chi connectivity index (χ3n) is 7.47. The molecule has 0 fully saturated rings. The Morgan fingerprint density at radius 3 is 2.41 bits per heavy atom. The molecular weight excluding hydrogens is 527 g/mol. The number of anilines is 1. The second-order valence-corrected chi connectivity index (χ2v) is 10.5. The lowest BCUT2D eigenvalue weighted by Crippen LogP contribution is -2.54. The highest BCUT2D eigenvalue weighted by Gasteiger charge is 2.47. The van der Waals surface area contributed by atoms with Crippen molar-refractivity contribution in [3.63, 3.8) is 0 Å². The number of nitrogens with two attached hydrogens (primary N) is 1. The van der Waals surface area contributed by atoms with Gasteiger partial charge in [-0.25, -0.2) is 4.39 Å². The summed E-state index contributed by atoms with van der Waals surface area (Å²) in [5, 5.41) is 7.56. The van der Waals surface area contributed by atoms with Crippen molar-refractivity contribution < 1.29 is 23.5 Å². The summed E-state index contributed by atoms with van der Waals surface area (Å²) in [5.41, 5.74) is 8.79. The van der Waals surface area contributed by atoms with E-state index in [1.165, 1.54) is 17.0 Å². The summed E-state index contributed by atoms with van der Waals surface area (Å²) in [6.07, 6.45) is 1.63. The van der Waals surface area contributed by atoms with Crippen LogP contribution in [0.4, 0.5) is 10.1 Å². The number of nitrogens with zero attached hydrogens (tertiary/aromatic N) is 3. The number of hydrogen-bond donors (Lipinski definition) is 3. The first-order valence-electron chi connectivity index (χ1n) is 13.1. The minimum atomic E-state index is -1.37. The Bertz CT molecular complexity index is 1620. The lowest BCUT2D eigenvalue weighted by atomic mass is 9.79. The van der Waals surface area contributed by atoms with E-state index in [2.05, 4.69) is 15.4 Å². The molecule has 1 atom stereocenters. The van der Waals surface area contributed by atoms with E-state index in [9.17, 15) is 18.8 Å². The lowest BCUT2D eigenvalue weighted by Gasteiger charge is -2.39. The number of aromatic nitrogens is 3. The molecular formula is C30H31FN6O4. The van der Waals surface area contributed by atoms with Gasteiger partial charge in [-0.1, -0.05) is 12.1 Å². The monoisotopic (exact) mass is 558 g/mol. The predicted octanol–water partition coefficient (Wildman–Crippen LogP) is 3.68. The number of primary amides is 1. The van der Waals surface area contributed by atoms with Crippen molar-refractivity contribution >= 4 is 23.4 Å². The molecule has 0 radical (unpaired) electrons. The van der Waals surface area contributed by atoms with E-state index in [1.807, 2.05) is 13.8 Å². The van der Waals surface area contributed by atoms with Gasteiger partial charge in [-0.15, -0.1) is 0 Å². The fourth-order valence-corrected chi connectivity index (χ4v) is 5.54. The zero-order valence-electron chi connectivity index (χ0n) is 23.2. The molecule has 2 aromatic carbocycles. The number of methoxy groups -OCH3 is 1. The number of amides is 3. The second kappa shape index (κ2) is 10.6. The summed E-state index contributed by atoms with van der Waals surface area (Å²) in [5.74, 6) is -1.19. The molecule has 5 rings (SSSR count). The molecule has 0 spiro atoms. The molecule has 1 aliphatic rings. The first-order valence-corrected chi connectivity index (χ1v) is 13.1. The van der Waals surface area contributed by atoms with Gasteiger partial charge < -0.3 is 25.7 Å². The van der Waals surface area contributed by atoms with E-state index in [0.717, 1.165) is 16.9 Å². The molecule has 3 heterocycles. The Morgan fingerprint density at radius 2 is 1.83 bits per heavy atom. The van der Waals surface area contributed by atoms with Gasteiger partial charge in [0.25, 0.3) is 11.8 Å². The van der Waals surface area contributed by atoms with Crippen molar-refractivity contribution in [3.05, 3.63) is 99.9 Å². The van der Waals surface area contributed by atoms with Crippen molar-refractivity contribution in [1.82, 2.24) is 19.7 Å². The molecule has 1 aliphatic heterocycles. The number of hydrogen-bond acceptors (Lipinski definition) is 5. The zero-order chi connectivity index (χ0) is 29.5. The maximum absolute atomic E-state index is 13.8. The van der Waals surface area contributed by atoms with E-state index in [1.54, 1.807) is 61.3 Å². The molecule has 0 saturated carbocycles. The number of aromatic amines is 1. The molecule has 212 valence electrons. The molecule has 0 bridgehead atoms. The van der Waals surface area contributed by atoms with Gasteiger partial charge in [0.15, 0.2) is 5.69 Å². The molecule has 41 heavy (non-hydrogen) atoms. The molecule has 0 aliphatic carbocycles. The SMILES string of the molecule is COc1c(C)cc(NC(=O)c2nn(Cc3ccc(F)cc3)c3c2CN(C(=O)c2ccc[nH]2)C[C@@]3(C)C(N)=O)cc1C. The predicted molar refractivity (Wildman–Crippen MR) is 150 cm³/mol. The number of aryl methyl sites for hydroxylation is 2. The number of rotatable bonds is 7. The molecule has 2 aromatic heterocycles. The normalized spacial score (nSPS) is 16.3. The highest BCUT2D eigenvalue weighted by atomic mass is 19.1. The highest BCUT2D eigenvalue weighted by molar-refractivity contribution is 6.05. The van der Waals surface area contributed by atoms with Gasteiger partial charge in [-0.05, 0) is 73.9 Å². The first-order chi connectivity index (χ1) is 19.5. The molecule has 10 nitrogen and oxygen atoms in total. The van der Waals surface area contributed by atoms with E-state index in [0.29, 0.717) is 28.2 Å². The van der Waals surface area contributed by atoms with Crippen LogP contribution in [0.25, 0.3) is 0 Å². The summed E-state index contributed by atoms with van der Waals surface area (Å²) in [7, 11) is 1.59. The molecule has 4 N–H and O–H groups in total. The van der Waals surface area contributed by atoms with Crippen LogP contribution < -0.4 is 15.8 Å². The fourth-order valence-electron chi connectivity index (χ4n) is 5.54. The van der Waals surface area contributed by atoms with E-state index >= 15 is 0 Å². The van der Waals surface area contributed by atoms with Crippen LogP contribution in [0.2, 0.25) is 0 Å². The minimum Gasteiger partial charge on any atom is -0.496 e. The average molecular weight is 559 g/mol. The number of carbonyl (C=O) groups is 3. The number of carbonyl (C=O) groups excluding carboxylic acids is 3. The van der Waals surface area contributed by atoms with Crippen molar-refractivity contribution in [2.45, 2.75) is 39.3 Å². The van der Waals surface area contributed by atoms with Gasteiger partial charge in [0, 0.05) is 24.0 Å². The van der Waals surface area contributed by atoms with Crippen LogP contribution in [0.5, 0.6) is 5.75 Å². The Balaban J connectivity index is 1.61. The van der Waals surface area contributed by atoms with Crippen LogP contribution in [0.1, 0.15) is 55.8 Å². The summed E-state index contributed by atoms with van der Waals surface area (Å²) >= 11 is 0. The van der Waals surface area contributed by atoms with Crippen molar-refractivity contribution in [3.8, 4) is 5.75 Å². The zero-order valence-corrected chi connectivity index (χ0v) is 23.2. The first kappa shape index (κ1) is 27.6. The number of halogens is 1. The maximum atomic E-state index is 13.8. The van der Waals surface area contributed by atoms with Crippen molar-refractivity contribution in [1.29, 1.82) is 0 Å². The van der Waals surface area contributed by atoms with Crippen LogP contribution in [0, 0.1) is 19.7 Å². The van der Waals surface area contributed by atoms with Crippen LogP contribution in [0.3, 0.4) is 0 Å². The number of benzene rings is 2. The second-order valence-electron chi connectivity index (χ2n) is 10.5. The van der Waals surface area contributed by atoms with Gasteiger partial charge in [-0.3, -0.25) is 19.1 Å². The minimum absolute atomic E-state index is 0.0137. The van der Waals surface area contributed by atoms with Crippen LogP contribution in [0.15, 0.2) is 54.7 Å². The van der Waals surface area contributed by atoms with Gasteiger partial charge in [0.1, 0.15) is 22.7 Å². The van der Waals surface area contributed by atoms with Crippen molar-refractivity contribution in [2.24, 2.45) is 5.73 Å². The highest BCUT2D eigenvalue weighted by Crippen LogP contribution is 2.37. The number of ether oxygens (including phenoxy) is 1. The lowest BCUT2D eigenvalue weighted by molar-refractivity contribution is -0.124. The van der Waals surface area contributed by atoms with Gasteiger partial charge in [-0.2, -0.15) is 5.10 Å². The number of fused-ring (bicyclic) bond motifs is 1. The van der Waals surface area contributed by atoms with Crippen LogP contribution in [-0.2, 0) is 23.3 Å². The van der Waals surface area contributed by atoms with E-state index in [4.69, 9.17) is 10.5 Å². The fraction of sp³-hybridized carbons (Fsp3) is 0.267. The van der Waals surface area contributed by atoms with Crippen molar-refractivity contribution in [2.75, 3.05) is 19.0 Å². The topological polar surface area (TPSA) is 135 Å². The summed E-state index contributed by atoms with van der Waals surface area (Å²) < 4.78 is 20.6. The summed E-state index contributed by atoms with van der Waals surface area (Å²) in [4.78, 5) is 44.6.